The van der Waals surface area contributed by atoms with Gasteiger partial charge in [-0.25, -0.2) is 4.98 Å². The van der Waals surface area contributed by atoms with E-state index in [1.54, 1.807) is 32.6 Å². The Bertz CT molecular complexity index is 509. The summed E-state index contributed by atoms with van der Waals surface area (Å²) < 4.78 is 0. The topological polar surface area (TPSA) is 67.8 Å². The molecule has 5 nitrogen and oxygen atoms in total. The van der Waals surface area contributed by atoms with Gasteiger partial charge in [0.1, 0.15) is 15.6 Å². The Morgan fingerprint density at radius 1 is 1.44 bits per heavy atom. The number of amides is 1. The van der Waals surface area contributed by atoms with Gasteiger partial charge < -0.3 is 5.32 Å². The van der Waals surface area contributed by atoms with E-state index in [4.69, 9.17) is 0 Å². The zero-order valence-corrected chi connectivity index (χ0v) is 9.71. The van der Waals surface area contributed by atoms with Crippen LogP contribution in [-0.4, -0.2) is 27.9 Å². The molecular weight excluding hydrogens is 224 g/mol. The van der Waals surface area contributed by atoms with Gasteiger partial charge in [0.05, 0.1) is 11.9 Å². The lowest BCUT2D eigenvalue weighted by Gasteiger charge is -1.93. The van der Waals surface area contributed by atoms with E-state index in [2.05, 4.69) is 20.3 Å². The van der Waals surface area contributed by atoms with Gasteiger partial charge in [-0.2, -0.15) is 0 Å². The molecule has 0 aromatic carbocycles. The number of hydrogen-bond acceptors (Lipinski definition) is 5. The molecule has 0 aliphatic rings. The zero-order valence-electron chi connectivity index (χ0n) is 8.89. The smallest absolute Gasteiger partial charge is 0.263 e. The molecule has 0 saturated heterocycles. The fraction of sp³-hybridized carbons (Fsp3) is 0.200. The van der Waals surface area contributed by atoms with Crippen molar-refractivity contribution in [2.24, 2.45) is 0 Å². The van der Waals surface area contributed by atoms with Crippen molar-refractivity contribution in [3.63, 3.8) is 0 Å². The summed E-state index contributed by atoms with van der Waals surface area (Å²) in [6, 6.07) is 0. The molecule has 0 aliphatic heterocycles. The standard InChI is InChI=1S/C10H10N4OS/c1-6-8(9(15)11-2)16-10(14-6)7-5-12-3-4-13-7/h3-5H,1-2H3,(H,11,15). The first-order chi connectivity index (χ1) is 7.72. The van der Waals surface area contributed by atoms with Crippen LogP contribution in [0.1, 0.15) is 15.4 Å². The maximum absolute atomic E-state index is 11.5. The molecule has 1 amide bonds. The average molecular weight is 234 g/mol. The molecule has 0 radical (unpaired) electrons. The van der Waals surface area contributed by atoms with E-state index < -0.39 is 0 Å². The van der Waals surface area contributed by atoms with Crippen LogP contribution < -0.4 is 5.32 Å². The number of aromatic nitrogens is 3. The van der Waals surface area contributed by atoms with Crippen LogP contribution in [0.3, 0.4) is 0 Å². The summed E-state index contributed by atoms with van der Waals surface area (Å²) in [5, 5.41) is 3.29. The van der Waals surface area contributed by atoms with Crippen LogP contribution in [-0.2, 0) is 0 Å². The van der Waals surface area contributed by atoms with Crippen LogP contribution in [0.25, 0.3) is 10.7 Å². The Morgan fingerprint density at radius 3 is 2.88 bits per heavy atom. The first kappa shape index (κ1) is 10.7. The van der Waals surface area contributed by atoms with Crippen LogP contribution >= 0.6 is 11.3 Å². The summed E-state index contributed by atoms with van der Waals surface area (Å²) in [5.41, 5.74) is 1.40. The second-order valence-corrected chi connectivity index (χ2v) is 4.10. The normalized spacial score (nSPS) is 10.1. The highest BCUT2D eigenvalue weighted by molar-refractivity contribution is 7.17. The minimum absolute atomic E-state index is 0.120. The molecular formula is C10H10N4OS. The summed E-state index contributed by atoms with van der Waals surface area (Å²) >= 11 is 1.32. The molecule has 82 valence electrons. The minimum atomic E-state index is -0.120. The first-order valence-electron chi connectivity index (χ1n) is 4.68. The molecule has 2 aromatic rings. The zero-order chi connectivity index (χ0) is 11.5. The number of thiazole rings is 1. The third-order valence-electron chi connectivity index (χ3n) is 2.01. The Kier molecular flexibility index (Phi) is 2.91. The summed E-state index contributed by atoms with van der Waals surface area (Å²) in [6.45, 7) is 1.81. The third kappa shape index (κ3) is 1.92. The van der Waals surface area contributed by atoms with Crippen molar-refractivity contribution >= 4 is 17.2 Å². The van der Waals surface area contributed by atoms with Crippen LogP contribution in [0, 0.1) is 6.92 Å². The number of carbonyl (C=O) groups is 1. The summed E-state index contributed by atoms with van der Waals surface area (Å²) in [6.07, 6.45) is 4.83. The highest BCUT2D eigenvalue weighted by Gasteiger charge is 2.15. The van der Waals surface area contributed by atoms with Gasteiger partial charge in [0.25, 0.3) is 5.91 Å². The van der Waals surface area contributed by atoms with Gasteiger partial charge in [-0.15, -0.1) is 11.3 Å². The molecule has 2 rings (SSSR count). The monoisotopic (exact) mass is 234 g/mol. The van der Waals surface area contributed by atoms with Gasteiger partial charge >= 0.3 is 0 Å². The fourth-order valence-electron chi connectivity index (χ4n) is 1.24. The lowest BCUT2D eigenvalue weighted by atomic mass is 10.4. The second kappa shape index (κ2) is 4.36. The highest BCUT2D eigenvalue weighted by Crippen LogP contribution is 2.25. The van der Waals surface area contributed by atoms with Gasteiger partial charge in [-0.3, -0.25) is 14.8 Å². The van der Waals surface area contributed by atoms with E-state index in [1.165, 1.54) is 11.3 Å². The lowest BCUT2D eigenvalue weighted by Crippen LogP contribution is -2.17. The number of rotatable bonds is 2. The Labute approximate surface area is 96.6 Å². The number of aryl methyl sites for hydroxylation is 1. The molecule has 0 spiro atoms. The Hall–Kier alpha value is -1.82. The maximum atomic E-state index is 11.5. The first-order valence-corrected chi connectivity index (χ1v) is 5.50. The van der Waals surface area contributed by atoms with Gasteiger partial charge in [0.15, 0.2) is 0 Å². The van der Waals surface area contributed by atoms with Gasteiger partial charge in [0, 0.05) is 19.4 Å². The second-order valence-electron chi connectivity index (χ2n) is 3.10. The van der Waals surface area contributed by atoms with E-state index in [0.29, 0.717) is 21.3 Å². The van der Waals surface area contributed by atoms with E-state index in [0.717, 1.165) is 0 Å². The predicted molar refractivity (Wildman–Crippen MR) is 61.3 cm³/mol. The lowest BCUT2D eigenvalue weighted by molar-refractivity contribution is 0.0966. The van der Waals surface area contributed by atoms with Crippen LogP contribution in [0.5, 0.6) is 0 Å². The van der Waals surface area contributed by atoms with Crippen molar-refractivity contribution < 1.29 is 4.79 Å². The van der Waals surface area contributed by atoms with E-state index in [9.17, 15) is 4.79 Å². The molecule has 16 heavy (non-hydrogen) atoms. The van der Waals surface area contributed by atoms with Crippen LogP contribution in [0.4, 0.5) is 0 Å². The largest absolute Gasteiger partial charge is 0.354 e. The molecule has 0 fully saturated rings. The predicted octanol–water partition coefficient (Wildman–Crippen LogP) is 1.27. The van der Waals surface area contributed by atoms with Crippen molar-refractivity contribution in [1.29, 1.82) is 0 Å². The van der Waals surface area contributed by atoms with E-state index in [-0.39, 0.29) is 5.91 Å². The number of hydrogen-bond donors (Lipinski definition) is 1. The molecule has 0 saturated carbocycles. The number of nitrogens with zero attached hydrogens (tertiary/aromatic N) is 3. The molecule has 2 aromatic heterocycles. The third-order valence-corrected chi connectivity index (χ3v) is 3.19. The van der Waals surface area contributed by atoms with E-state index >= 15 is 0 Å². The molecule has 0 atom stereocenters. The van der Waals surface area contributed by atoms with Gasteiger partial charge in [0.2, 0.25) is 0 Å². The minimum Gasteiger partial charge on any atom is -0.354 e. The number of nitrogens with one attached hydrogen (secondary N) is 1. The van der Waals surface area contributed by atoms with Crippen molar-refractivity contribution in [2.45, 2.75) is 6.92 Å². The van der Waals surface area contributed by atoms with Crippen molar-refractivity contribution in [3.05, 3.63) is 29.2 Å². The Balaban J connectivity index is 2.42. The van der Waals surface area contributed by atoms with Crippen molar-refractivity contribution in [2.75, 3.05) is 7.05 Å². The number of carbonyl (C=O) groups excluding carboxylic acids is 1. The molecule has 2 heterocycles. The van der Waals surface area contributed by atoms with Crippen LogP contribution in [0.15, 0.2) is 18.6 Å². The fourth-order valence-corrected chi connectivity index (χ4v) is 2.21. The SMILES string of the molecule is CNC(=O)c1sc(-c2cnccn2)nc1C. The molecule has 0 bridgehead atoms. The van der Waals surface area contributed by atoms with E-state index in [1.807, 2.05) is 0 Å². The molecule has 6 heteroatoms. The van der Waals surface area contributed by atoms with Crippen LogP contribution in [0.2, 0.25) is 0 Å². The van der Waals surface area contributed by atoms with Gasteiger partial charge in [-0.05, 0) is 6.92 Å². The van der Waals surface area contributed by atoms with Gasteiger partial charge in [-0.1, -0.05) is 0 Å². The average Bonchev–Trinajstić information content (AvgIpc) is 2.71. The van der Waals surface area contributed by atoms with Crippen molar-refractivity contribution in [1.82, 2.24) is 20.3 Å². The molecule has 0 unspecified atom stereocenters. The summed E-state index contributed by atoms with van der Waals surface area (Å²) in [7, 11) is 1.60. The Morgan fingerprint density at radius 2 is 2.25 bits per heavy atom. The quantitative estimate of drug-likeness (QED) is 0.849. The highest BCUT2D eigenvalue weighted by atomic mass is 32.1. The van der Waals surface area contributed by atoms with Crippen molar-refractivity contribution in [3.8, 4) is 10.7 Å². The summed E-state index contributed by atoms with van der Waals surface area (Å²) in [5.74, 6) is -0.120. The maximum Gasteiger partial charge on any atom is 0.263 e. The molecule has 0 aliphatic carbocycles. The summed E-state index contributed by atoms with van der Waals surface area (Å²) in [4.78, 5) is 24.5. The molecule has 1 N–H and O–H groups in total.